The highest BCUT2D eigenvalue weighted by Crippen LogP contribution is 2.27. The molecular formula is C27H37ClN4O4. The zero-order valence-corrected chi connectivity index (χ0v) is 22.9. The second-order valence-electron chi connectivity index (χ2n) is 10.6. The van der Waals surface area contributed by atoms with E-state index in [1.54, 1.807) is 11.0 Å². The molecule has 2 amide bonds. The van der Waals surface area contributed by atoms with Crippen molar-refractivity contribution in [3.63, 3.8) is 0 Å². The first kappa shape index (κ1) is 27.7. The lowest BCUT2D eigenvalue weighted by atomic mass is 9.96. The molecule has 1 aliphatic rings. The van der Waals surface area contributed by atoms with Crippen molar-refractivity contribution in [2.75, 3.05) is 13.1 Å². The monoisotopic (exact) mass is 516 g/mol. The van der Waals surface area contributed by atoms with Crippen LogP contribution in [0.25, 0.3) is 0 Å². The van der Waals surface area contributed by atoms with E-state index in [1.807, 2.05) is 60.6 Å². The summed E-state index contributed by atoms with van der Waals surface area (Å²) in [4.78, 5) is 42.3. The fourth-order valence-electron chi connectivity index (χ4n) is 4.58. The molecule has 1 aromatic carbocycles. The van der Waals surface area contributed by atoms with Gasteiger partial charge in [-0.2, -0.15) is 0 Å². The molecule has 0 saturated carbocycles. The lowest BCUT2D eigenvalue weighted by molar-refractivity contribution is 0.0290. The Morgan fingerprint density at radius 1 is 1.22 bits per heavy atom. The summed E-state index contributed by atoms with van der Waals surface area (Å²) in [5, 5.41) is 6.89. The standard InChI is InChI=1S/C27H37ClN4O4/c1-15-10-16(2)30-25(34)23(15)13-29-24(33)22-12-19(28)11-21(17(22)3)18(4)31-20-8-9-32(14-20)26(35)36-27(5,6)7/h10-12,18,20,31H,8-9,13-14H2,1-7H3,(H,29,33)(H,30,34). The maximum absolute atomic E-state index is 13.1. The first-order valence-corrected chi connectivity index (χ1v) is 12.6. The van der Waals surface area contributed by atoms with Crippen LogP contribution in [0.4, 0.5) is 4.79 Å². The number of nitrogens with zero attached hydrogens (tertiary/aromatic N) is 1. The molecule has 3 N–H and O–H groups in total. The second kappa shape index (κ2) is 11.0. The van der Waals surface area contributed by atoms with Crippen molar-refractivity contribution in [3.05, 3.63) is 67.1 Å². The summed E-state index contributed by atoms with van der Waals surface area (Å²) >= 11 is 6.41. The first-order chi connectivity index (χ1) is 16.7. The van der Waals surface area contributed by atoms with Gasteiger partial charge < -0.3 is 25.3 Å². The van der Waals surface area contributed by atoms with Crippen molar-refractivity contribution in [2.24, 2.45) is 0 Å². The Hall–Kier alpha value is -2.84. The number of halogens is 1. The molecule has 1 aromatic heterocycles. The average Bonchev–Trinajstić information content (AvgIpc) is 3.21. The normalized spacial score (nSPS) is 16.7. The molecule has 2 unspecified atom stereocenters. The fraction of sp³-hybridized carbons (Fsp3) is 0.519. The summed E-state index contributed by atoms with van der Waals surface area (Å²) in [7, 11) is 0. The molecule has 1 fully saturated rings. The van der Waals surface area contributed by atoms with Crippen molar-refractivity contribution < 1.29 is 14.3 Å². The molecule has 1 aliphatic heterocycles. The maximum atomic E-state index is 13.1. The van der Waals surface area contributed by atoms with Crippen LogP contribution >= 0.6 is 11.6 Å². The van der Waals surface area contributed by atoms with Crippen LogP contribution in [-0.2, 0) is 11.3 Å². The van der Waals surface area contributed by atoms with Crippen LogP contribution < -0.4 is 16.2 Å². The predicted molar refractivity (Wildman–Crippen MR) is 142 cm³/mol. The van der Waals surface area contributed by atoms with E-state index < -0.39 is 5.60 Å². The zero-order chi connectivity index (χ0) is 26.8. The summed E-state index contributed by atoms with van der Waals surface area (Å²) in [6.07, 6.45) is 0.501. The summed E-state index contributed by atoms with van der Waals surface area (Å²) in [6, 6.07) is 5.39. The number of nitrogens with one attached hydrogen (secondary N) is 3. The highest BCUT2D eigenvalue weighted by atomic mass is 35.5. The molecule has 196 valence electrons. The molecular weight excluding hydrogens is 480 g/mol. The Balaban J connectivity index is 1.69. The molecule has 0 aliphatic carbocycles. The van der Waals surface area contributed by atoms with Crippen molar-refractivity contribution >= 4 is 23.6 Å². The third-order valence-corrected chi connectivity index (χ3v) is 6.59. The highest BCUT2D eigenvalue weighted by Gasteiger charge is 2.31. The predicted octanol–water partition coefficient (Wildman–Crippen LogP) is 4.54. The van der Waals surface area contributed by atoms with E-state index in [-0.39, 0.29) is 36.2 Å². The topological polar surface area (TPSA) is 104 Å². The number of carbonyl (C=O) groups is 2. The summed E-state index contributed by atoms with van der Waals surface area (Å²) in [6.45, 7) is 14.5. The van der Waals surface area contributed by atoms with Gasteiger partial charge in [0, 0.05) is 53.6 Å². The Kier molecular flexibility index (Phi) is 8.52. The number of aromatic nitrogens is 1. The minimum atomic E-state index is -0.531. The number of carbonyl (C=O) groups excluding carboxylic acids is 2. The smallest absolute Gasteiger partial charge is 0.410 e. The molecule has 9 heteroatoms. The molecule has 3 rings (SSSR count). The molecule has 36 heavy (non-hydrogen) atoms. The van der Waals surface area contributed by atoms with Crippen LogP contribution in [0.1, 0.15) is 78.5 Å². The van der Waals surface area contributed by atoms with Gasteiger partial charge in [-0.05, 0) is 89.8 Å². The Labute approximate surface area is 217 Å². The van der Waals surface area contributed by atoms with E-state index in [0.717, 1.165) is 28.8 Å². The van der Waals surface area contributed by atoms with Gasteiger partial charge >= 0.3 is 6.09 Å². The minimum Gasteiger partial charge on any atom is -0.444 e. The lowest BCUT2D eigenvalue weighted by Gasteiger charge is -2.25. The summed E-state index contributed by atoms with van der Waals surface area (Å²) in [5.41, 5.74) is 3.59. The third kappa shape index (κ3) is 6.89. The van der Waals surface area contributed by atoms with Gasteiger partial charge in [-0.25, -0.2) is 4.79 Å². The molecule has 2 heterocycles. The van der Waals surface area contributed by atoms with E-state index in [0.29, 0.717) is 29.2 Å². The number of aromatic amines is 1. The van der Waals surface area contributed by atoms with Crippen LogP contribution in [0.2, 0.25) is 5.02 Å². The SMILES string of the molecule is Cc1cc(C)c(CNC(=O)c2cc(Cl)cc(C(C)NC3CCN(C(=O)OC(C)(C)C)C3)c2C)c(=O)[nH]1. The first-order valence-electron chi connectivity index (χ1n) is 12.3. The van der Waals surface area contributed by atoms with E-state index in [4.69, 9.17) is 16.3 Å². The van der Waals surface area contributed by atoms with Crippen LogP contribution in [0.5, 0.6) is 0 Å². The van der Waals surface area contributed by atoms with Crippen molar-refractivity contribution in [2.45, 2.75) is 79.1 Å². The number of benzene rings is 1. The number of amides is 2. The second-order valence-corrected chi connectivity index (χ2v) is 11.0. The van der Waals surface area contributed by atoms with Gasteiger partial charge in [-0.15, -0.1) is 0 Å². The van der Waals surface area contributed by atoms with E-state index in [2.05, 4.69) is 15.6 Å². The Morgan fingerprint density at radius 2 is 1.92 bits per heavy atom. The third-order valence-electron chi connectivity index (χ3n) is 6.37. The molecule has 0 spiro atoms. The maximum Gasteiger partial charge on any atom is 0.410 e. The Bertz CT molecular complexity index is 1200. The van der Waals surface area contributed by atoms with Gasteiger partial charge in [0.05, 0.1) is 0 Å². The number of hydrogen-bond donors (Lipinski definition) is 3. The lowest BCUT2D eigenvalue weighted by Crippen LogP contribution is -2.39. The fourth-order valence-corrected chi connectivity index (χ4v) is 4.81. The van der Waals surface area contributed by atoms with Crippen LogP contribution in [0.3, 0.4) is 0 Å². The van der Waals surface area contributed by atoms with Gasteiger partial charge in [-0.3, -0.25) is 9.59 Å². The van der Waals surface area contributed by atoms with E-state index in [1.165, 1.54) is 0 Å². The molecule has 1 saturated heterocycles. The average molecular weight is 517 g/mol. The number of likely N-dealkylation sites (tertiary alicyclic amines) is 1. The molecule has 8 nitrogen and oxygen atoms in total. The van der Waals surface area contributed by atoms with Gasteiger partial charge in [0.2, 0.25) is 0 Å². The van der Waals surface area contributed by atoms with Crippen molar-refractivity contribution in [3.8, 4) is 0 Å². The Morgan fingerprint density at radius 3 is 2.56 bits per heavy atom. The van der Waals surface area contributed by atoms with Gasteiger partial charge in [0.25, 0.3) is 11.5 Å². The van der Waals surface area contributed by atoms with Crippen LogP contribution in [-0.4, -0.2) is 46.6 Å². The van der Waals surface area contributed by atoms with E-state index >= 15 is 0 Å². The zero-order valence-electron chi connectivity index (χ0n) is 22.2. The molecule has 2 aromatic rings. The van der Waals surface area contributed by atoms with E-state index in [9.17, 15) is 14.4 Å². The largest absolute Gasteiger partial charge is 0.444 e. The van der Waals surface area contributed by atoms with Gasteiger partial charge in [-0.1, -0.05) is 11.6 Å². The number of ether oxygens (including phenoxy) is 1. The van der Waals surface area contributed by atoms with Crippen molar-refractivity contribution in [1.82, 2.24) is 20.5 Å². The quantitative estimate of drug-likeness (QED) is 0.523. The summed E-state index contributed by atoms with van der Waals surface area (Å²) < 4.78 is 5.49. The highest BCUT2D eigenvalue weighted by molar-refractivity contribution is 6.31. The molecule has 0 bridgehead atoms. The van der Waals surface area contributed by atoms with Gasteiger partial charge in [0.15, 0.2) is 0 Å². The minimum absolute atomic E-state index is 0.0963. The number of hydrogen-bond acceptors (Lipinski definition) is 5. The van der Waals surface area contributed by atoms with Gasteiger partial charge in [0.1, 0.15) is 5.60 Å². The summed E-state index contributed by atoms with van der Waals surface area (Å²) in [5.74, 6) is -0.292. The van der Waals surface area contributed by atoms with Crippen LogP contribution in [0, 0.1) is 20.8 Å². The number of H-pyrrole nitrogens is 1. The van der Waals surface area contributed by atoms with Crippen molar-refractivity contribution in [1.29, 1.82) is 0 Å². The molecule has 0 radical (unpaired) electrons. The number of pyridine rings is 1. The number of aryl methyl sites for hydroxylation is 2. The van der Waals surface area contributed by atoms with Crippen LogP contribution in [0.15, 0.2) is 23.0 Å². The molecule has 2 atom stereocenters. The number of rotatable bonds is 6.